The van der Waals surface area contributed by atoms with Crippen LogP contribution < -0.4 is 0 Å². The second kappa shape index (κ2) is 6.76. The topological polar surface area (TPSA) is 62.9 Å². The quantitative estimate of drug-likeness (QED) is 0.587. The van der Waals surface area contributed by atoms with Crippen molar-refractivity contribution in [3.63, 3.8) is 0 Å². The summed E-state index contributed by atoms with van der Waals surface area (Å²) in [7, 11) is 0. The highest BCUT2D eigenvalue weighted by Crippen LogP contribution is 2.28. The maximum atomic E-state index is 13.7. The molecule has 0 bridgehead atoms. The fourth-order valence-electron chi connectivity index (χ4n) is 3.70. The smallest absolute Gasteiger partial charge is 0.154 e. The molecule has 3 aromatic heterocycles. The Morgan fingerprint density at radius 3 is 3.00 bits per heavy atom. The molecule has 1 aliphatic heterocycles. The van der Waals surface area contributed by atoms with Gasteiger partial charge in [-0.2, -0.15) is 10.2 Å². The Morgan fingerprint density at radius 2 is 2.18 bits per heavy atom. The summed E-state index contributed by atoms with van der Waals surface area (Å²) in [5.74, 6) is 1.28. The van der Waals surface area contributed by atoms with Gasteiger partial charge in [0.25, 0.3) is 0 Å². The van der Waals surface area contributed by atoms with E-state index in [9.17, 15) is 4.39 Å². The Labute approximate surface area is 161 Å². The average Bonchev–Trinajstić information content (AvgIpc) is 3.41. The first kappa shape index (κ1) is 16.9. The number of fused-ring (bicyclic) bond motifs is 1. The Hall–Kier alpha value is -3.19. The van der Waals surface area contributed by atoms with Crippen LogP contribution in [0.4, 0.5) is 4.39 Å². The van der Waals surface area contributed by atoms with Crippen LogP contribution in [-0.2, 0) is 19.5 Å². The molecule has 0 radical (unpaired) electrons. The van der Waals surface area contributed by atoms with E-state index < -0.39 is 0 Å². The van der Waals surface area contributed by atoms with E-state index in [2.05, 4.69) is 15.1 Å². The second-order valence-electron chi connectivity index (χ2n) is 7.17. The van der Waals surface area contributed by atoms with Crippen LogP contribution in [0.5, 0.6) is 0 Å². The maximum absolute atomic E-state index is 13.7. The van der Waals surface area contributed by atoms with Gasteiger partial charge in [0.2, 0.25) is 0 Å². The number of hydrogen-bond donors (Lipinski definition) is 1. The van der Waals surface area contributed by atoms with Gasteiger partial charge in [0.05, 0.1) is 11.9 Å². The zero-order valence-corrected chi connectivity index (χ0v) is 15.5. The van der Waals surface area contributed by atoms with Crippen molar-refractivity contribution < 1.29 is 8.81 Å². The first-order valence-corrected chi connectivity index (χ1v) is 9.30. The van der Waals surface area contributed by atoms with E-state index in [1.54, 1.807) is 10.7 Å². The molecule has 0 aliphatic carbocycles. The molecule has 6 nitrogen and oxygen atoms in total. The minimum Gasteiger partial charge on any atom is -0.460 e. The van der Waals surface area contributed by atoms with Crippen molar-refractivity contribution >= 4 is 0 Å². The van der Waals surface area contributed by atoms with Gasteiger partial charge >= 0.3 is 0 Å². The summed E-state index contributed by atoms with van der Waals surface area (Å²) in [6, 6.07) is 10.3. The molecule has 7 heteroatoms. The predicted octanol–water partition coefficient (Wildman–Crippen LogP) is 3.86. The fourth-order valence-corrected chi connectivity index (χ4v) is 3.70. The molecular weight excluding hydrogens is 357 g/mol. The average molecular weight is 377 g/mol. The number of H-pyrrole nitrogens is 1. The summed E-state index contributed by atoms with van der Waals surface area (Å²) in [5.41, 5.74) is 4.97. The summed E-state index contributed by atoms with van der Waals surface area (Å²) in [6.07, 6.45) is 4.81. The van der Waals surface area contributed by atoms with Crippen LogP contribution in [0, 0.1) is 12.7 Å². The van der Waals surface area contributed by atoms with Gasteiger partial charge in [-0.15, -0.1) is 0 Å². The van der Waals surface area contributed by atoms with Crippen molar-refractivity contribution in [2.24, 2.45) is 0 Å². The molecule has 4 heterocycles. The van der Waals surface area contributed by atoms with Crippen LogP contribution >= 0.6 is 0 Å². The molecule has 0 saturated carbocycles. The van der Waals surface area contributed by atoms with E-state index >= 15 is 0 Å². The first-order chi connectivity index (χ1) is 13.7. The molecule has 0 fully saturated rings. The normalized spacial score (nSPS) is 14.4. The lowest BCUT2D eigenvalue weighted by Crippen LogP contribution is -2.29. The minimum absolute atomic E-state index is 0.284. The zero-order valence-electron chi connectivity index (χ0n) is 15.5. The van der Waals surface area contributed by atoms with E-state index in [4.69, 9.17) is 9.52 Å². The fraction of sp³-hybridized carbons (Fsp3) is 0.238. The van der Waals surface area contributed by atoms with Crippen molar-refractivity contribution in [3.05, 3.63) is 77.2 Å². The number of hydrogen-bond acceptors (Lipinski definition) is 4. The molecule has 1 aliphatic rings. The molecule has 0 saturated heterocycles. The van der Waals surface area contributed by atoms with Crippen LogP contribution in [0.15, 0.2) is 53.2 Å². The van der Waals surface area contributed by atoms with Gasteiger partial charge in [-0.3, -0.25) is 10.00 Å². The highest BCUT2D eigenvalue weighted by atomic mass is 19.1. The number of benzene rings is 1. The van der Waals surface area contributed by atoms with Crippen LogP contribution in [0.2, 0.25) is 0 Å². The molecule has 5 rings (SSSR count). The second-order valence-corrected chi connectivity index (χ2v) is 7.17. The lowest BCUT2D eigenvalue weighted by Gasteiger charge is -2.26. The Kier molecular flexibility index (Phi) is 4.09. The Bertz CT molecular complexity index is 1130. The van der Waals surface area contributed by atoms with Gasteiger partial charge in [0.15, 0.2) is 5.76 Å². The van der Waals surface area contributed by atoms with Gasteiger partial charge in [-0.1, -0.05) is 6.07 Å². The van der Waals surface area contributed by atoms with Crippen LogP contribution in [-0.4, -0.2) is 31.4 Å². The van der Waals surface area contributed by atoms with Crippen molar-refractivity contribution in [2.45, 2.75) is 26.4 Å². The zero-order chi connectivity index (χ0) is 19.1. The molecule has 28 heavy (non-hydrogen) atoms. The molecule has 0 amide bonds. The predicted molar refractivity (Wildman–Crippen MR) is 102 cm³/mol. The van der Waals surface area contributed by atoms with E-state index in [1.165, 1.54) is 23.4 Å². The molecule has 1 aromatic carbocycles. The highest BCUT2D eigenvalue weighted by molar-refractivity contribution is 5.58. The number of halogens is 1. The van der Waals surface area contributed by atoms with Crippen molar-refractivity contribution in [1.82, 2.24) is 24.9 Å². The van der Waals surface area contributed by atoms with E-state index in [1.807, 2.05) is 37.5 Å². The summed E-state index contributed by atoms with van der Waals surface area (Å²) in [4.78, 5) is 2.37. The maximum Gasteiger partial charge on any atom is 0.154 e. The van der Waals surface area contributed by atoms with Crippen LogP contribution in [0.3, 0.4) is 0 Å². The Morgan fingerprint density at radius 1 is 1.25 bits per heavy atom. The van der Waals surface area contributed by atoms with Gasteiger partial charge < -0.3 is 4.42 Å². The van der Waals surface area contributed by atoms with Gasteiger partial charge in [0.1, 0.15) is 17.3 Å². The molecule has 0 unspecified atom stereocenters. The molecule has 142 valence electrons. The van der Waals surface area contributed by atoms with Gasteiger partial charge in [-0.05, 0) is 37.3 Å². The number of aryl methyl sites for hydroxylation is 1. The number of nitrogens with one attached hydrogen (secondary N) is 1. The monoisotopic (exact) mass is 377 g/mol. The molecule has 0 atom stereocenters. The summed E-state index contributed by atoms with van der Waals surface area (Å²) >= 11 is 0. The third-order valence-corrected chi connectivity index (χ3v) is 5.11. The summed E-state index contributed by atoms with van der Waals surface area (Å²) in [6.45, 7) is 4.43. The van der Waals surface area contributed by atoms with Crippen molar-refractivity contribution in [1.29, 1.82) is 0 Å². The standard InChI is InChI=1S/C21H20FN5O/c1-14-5-6-20(28-14)21-16(12-26-8-7-19-15(11-26)10-23-24-19)13-27(25-21)18-4-2-3-17(22)9-18/h2-6,9-10,13H,7-8,11-12H2,1H3,(H,23,24). The van der Waals surface area contributed by atoms with E-state index in [0.717, 1.165) is 48.8 Å². The van der Waals surface area contributed by atoms with Gasteiger partial charge in [-0.25, -0.2) is 9.07 Å². The molecule has 0 spiro atoms. The van der Waals surface area contributed by atoms with Crippen LogP contribution in [0.1, 0.15) is 22.6 Å². The third-order valence-electron chi connectivity index (χ3n) is 5.11. The largest absolute Gasteiger partial charge is 0.460 e. The van der Waals surface area contributed by atoms with E-state index in [-0.39, 0.29) is 5.82 Å². The number of nitrogens with zero attached hydrogens (tertiary/aromatic N) is 4. The van der Waals surface area contributed by atoms with Crippen molar-refractivity contribution in [3.8, 4) is 17.1 Å². The third kappa shape index (κ3) is 3.14. The minimum atomic E-state index is -0.284. The molecule has 1 N–H and O–H groups in total. The van der Waals surface area contributed by atoms with Crippen molar-refractivity contribution in [2.75, 3.05) is 6.54 Å². The van der Waals surface area contributed by atoms with Gasteiger partial charge in [0, 0.05) is 49.1 Å². The summed E-state index contributed by atoms with van der Waals surface area (Å²) < 4.78 is 21.2. The highest BCUT2D eigenvalue weighted by Gasteiger charge is 2.22. The van der Waals surface area contributed by atoms with Crippen LogP contribution in [0.25, 0.3) is 17.1 Å². The first-order valence-electron chi connectivity index (χ1n) is 9.30. The number of furan rings is 1. The lowest BCUT2D eigenvalue weighted by atomic mass is 10.1. The Balaban J connectivity index is 1.50. The lowest BCUT2D eigenvalue weighted by molar-refractivity contribution is 0.245. The number of aromatic amines is 1. The number of rotatable bonds is 4. The summed E-state index contributed by atoms with van der Waals surface area (Å²) in [5, 5.41) is 11.9. The SMILES string of the molecule is Cc1ccc(-c2nn(-c3cccc(F)c3)cc2CN2CCc3[nH]ncc3C2)o1. The number of aromatic nitrogens is 4. The molecular formula is C21H20FN5O. The molecule has 4 aromatic rings. The van der Waals surface area contributed by atoms with E-state index in [0.29, 0.717) is 5.69 Å².